The summed E-state index contributed by atoms with van der Waals surface area (Å²) in [6.45, 7) is 1.81. The number of nitrogens with one attached hydrogen (secondary N) is 2. The standard InChI is InChI=1S/C17H22ClN3O2/c18-14-3-1-12(2-4-14)11-19-16(22)13-7-9-21(10-8-13)17(23)20-15-5-6-15/h1-4,13,15H,5-11H2,(H,19,22)(H,20,23). The molecule has 2 N–H and O–H groups in total. The predicted molar refractivity (Wildman–Crippen MR) is 89.1 cm³/mol. The van der Waals surface area contributed by atoms with Gasteiger partial charge in [0.25, 0.3) is 0 Å². The number of hydrogen-bond donors (Lipinski definition) is 2. The smallest absolute Gasteiger partial charge is 0.317 e. The molecular weight excluding hydrogens is 314 g/mol. The van der Waals surface area contributed by atoms with E-state index < -0.39 is 0 Å². The van der Waals surface area contributed by atoms with Crippen LogP contribution in [-0.4, -0.2) is 36.0 Å². The SMILES string of the molecule is O=C(NCc1ccc(Cl)cc1)C1CCN(C(=O)NC2CC2)CC1. The van der Waals surface area contributed by atoms with Crippen LogP contribution in [0.5, 0.6) is 0 Å². The van der Waals surface area contributed by atoms with Crippen LogP contribution >= 0.6 is 11.6 Å². The molecule has 2 aliphatic rings. The van der Waals surface area contributed by atoms with E-state index in [4.69, 9.17) is 11.6 Å². The van der Waals surface area contributed by atoms with Crippen LogP contribution in [0, 0.1) is 5.92 Å². The van der Waals surface area contributed by atoms with E-state index in [1.165, 1.54) is 0 Å². The van der Waals surface area contributed by atoms with Crippen LogP contribution in [0.2, 0.25) is 5.02 Å². The highest BCUT2D eigenvalue weighted by Gasteiger charge is 2.30. The zero-order valence-electron chi connectivity index (χ0n) is 13.1. The second-order valence-corrected chi connectivity index (χ2v) is 6.77. The topological polar surface area (TPSA) is 61.4 Å². The van der Waals surface area contributed by atoms with Crippen molar-refractivity contribution in [3.05, 3.63) is 34.9 Å². The molecule has 5 nitrogen and oxygen atoms in total. The van der Waals surface area contributed by atoms with Crippen molar-refractivity contribution in [3.63, 3.8) is 0 Å². The van der Waals surface area contributed by atoms with Crippen LogP contribution in [0.25, 0.3) is 0 Å². The lowest BCUT2D eigenvalue weighted by molar-refractivity contribution is -0.126. The number of rotatable bonds is 4. The van der Waals surface area contributed by atoms with Crippen LogP contribution in [0.15, 0.2) is 24.3 Å². The van der Waals surface area contributed by atoms with Crippen molar-refractivity contribution < 1.29 is 9.59 Å². The molecule has 124 valence electrons. The zero-order chi connectivity index (χ0) is 16.2. The molecule has 0 atom stereocenters. The minimum atomic E-state index is -0.00715. The van der Waals surface area contributed by atoms with E-state index in [1.54, 1.807) is 0 Å². The highest BCUT2D eigenvalue weighted by Crippen LogP contribution is 2.21. The number of nitrogens with zero attached hydrogens (tertiary/aromatic N) is 1. The van der Waals surface area contributed by atoms with Gasteiger partial charge in [-0.15, -0.1) is 0 Å². The first-order chi connectivity index (χ1) is 11.1. The Bertz CT molecular complexity index is 564. The molecule has 23 heavy (non-hydrogen) atoms. The van der Waals surface area contributed by atoms with Crippen molar-refractivity contribution in [2.75, 3.05) is 13.1 Å². The van der Waals surface area contributed by atoms with Crippen molar-refractivity contribution in [1.82, 2.24) is 15.5 Å². The molecule has 6 heteroatoms. The lowest BCUT2D eigenvalue weighted by Gasteiger charge is -2.31. The van der Waals surface area contributed by atoms with Gasteiger partial charge in [-0.1, -0.05) is 23.7 Å². The number of carbonyl (C=O) groups excluding carboxylic acids is 2. The molecule has 0 unspecified atom stereocenters. The second-order valence-electron chi connectivity index (χ2n) is 6.33. The van der Waals surface area contributed by atoms with E-state index in [9.17, 15) is 9.59 Å². The Morgan fingerprint density at radius 3 is 2.35 bits per heavy atom. The van der Waals surface area contributed by atoms with Gasteiger partial charge in [0.15, 0.2) is 0 Å². The monoisotopic (exact) mass is 335 g/mol. The molecule has 1 heterocycles. The summed E-state index contributed by atoms with van der Waals surface area (Å²) < 4.78 is 0. The molecule has 1 saturated heterocycles. The van der Waals surface area contributed by atoms with Crippen molar-refractivity contribution in [3.8, 4) is 0 Å². The molecule has 0 aromatic heterocycles. The average Bonchev–Trinajstić information content (AvgIpc) is 3.38. The first kappa shape index (κ1) is 16.1. The summed E-state index contributed by atoms with van der Waals surface area (Å²) in [5.41, 5.74) is 1.03. The number of piperidine rings is 1. The van der Waals surface area contributed by atoms with Gasteiger partial charge in [-0.05, 0) is 43.4 Å². The predicted octanol–water partition coefficient (Wildman–Crippen LogP) is 2.54. The Labute approximate surface area is 141 Å². The number of hydrogen-bond acceptors (Lipinski definition) is 2. The number of halogens is 1. The van der Waals surface area contributed by atoms with E-state index in [1.807, 2.05) is 29.2 Å². The number of benzene rings is 1. The number of carbonyl (C=O) groups is 2. The molecule has 1 saturated carbocycles. The first-order valence-electron chi connectivity index (χ1n) is 8.19. The third-order valence-corrected chi connectivity index (χ3v) is 4.69. The van der Waals surface area contributed by atoms with Gasteiger partial charge < -0.3 is 15.5 Å². The molecule has 0 radical (unpaired) electrons. The third-order valence-electron chi connectivity index (χ3n) is 4.44. The lowest BCUT2D eigenvalue weighted by atomic mass is 9.96. The molecule has 0 spiro atoms. The molecule has 2 fully saturated rings. The Balaban J connectivity index is 1.40. The fourth-order valence-corrected chi connectivity index (χ4v) is 2.90. The van der Waals surface area contributed by atoms with Gasteiger partial charge >= 0.3 is 6.03 Å². The Morgan fingerprint density at radius 2 is 1.74 bits per heavy atom. The van der Waals surface area contributed by atoms with E-state index in [-0.39, 0.29) is 17.9 Å². The molecule has 1 aliphatic heterocycles. The largest absolute Gasteiger partial charge is 0.352 e. The maximum Gasteiger partial charge on any atom is 0.317 e. The molecule has 3 rings (SSSR count). The number of amides is 3. The third kappa shape index (κ3) is 4.61. The fourth-order valence-electron chi connectivity index (χ4n) is 2.77. The average molecular weight is 336 g/mol. The van der Waals surface area contributed by atoms with Crippen molar-refractivity contribution in [2.24, 2.45) is 5.92 Å². The molecule has 1 aromatic carbocycles. The quantitative estimate of drug-likeness (QED) is 0.888. The first-order valence-corrected chi connectivity index (χ1v) is 8.57. The summed E-state index contributed by atoms with van der Waals surface area (Å²) in [6, 6.07) is 7.86. The van der Waals surface area contributed by atoms with Gasteiger partial charge in [0.05, 0.1) is 0 Å². The summed E-state index contributed by atoms with van der Waals surface area (Å²) >= 11 is 5.85. The van der Waals surface area contributed by atoms with Crippen LogP contribution in [0.1, 0.15) is 31.2 Å². The Kier molecular flexibility index (Phi) is 5.06. The van der Waals surface area contributed by atoms with Crippen LogP contribution in [-0.2, 0) is 11.3 Å². The van der Waals surface area contributed by atoms with Gasteiger partial charge in [0.2, 0.25) is 5.91 Å². The zero-order valence-corrected chi connectivity index (χ0v) is 13.8. The summed E-state index contributed by atoms with van der Waals surface area (Å²) in [5, 5.41) is 6.66. The summed E-state index contributed by atoms with van der Waals surface area (Å²) in [5.74, 6) is 0.0643. The molecular formula is C17H22ClN3O2. The highest BCUT2D eigenvalue weighted by molar-refractivity contribution is 6.30. The molecule has 1 aliphatic carbocycles. The van der Waals surface area contributed by atoms with E-state index in [0.29, 0.717) is 30.7 Å². The van der Waals surface area contributed by atoms with Gasteiger partial charge in [-0.2, -0.15) is 0 Å². The lowest BCUT2D eigenvalue weighted by Crippen LogP contribution is -2.47. The summed E-state index contributed by atoms with van der Waals surface area (Å²) in [4.78, 5) is 26.0. The van der Waals surface area contributed by atoms with Gasteiger partial charge in [0, 0.05) is 36.6 Å². The van der Waals surface area contributed by atoms with E-state index in [0.717, 1.165) is 31.2 Å². The molecule has 0 bridgehead atoms. The van der Waals surface area contributed by atoms with Crippen LogP contribution in [0.3, 0.4) is 0 Å². The molecule has 1 aromatic rings. The van der Waals surface area contributed by atoms with Gasteiger partial charge in [-0.25, -0.2) is 4.79 Å². The van der Waals surface area contributed by atoms with Crippen LogP contribution in [0.4, 0.5) is 4.79 Å². The minimum absolute atomic E-state index is 0.00715. The van der Waals surface area contributed by atoms with Gasteiger partial charge in [-0.3, -0.25) is 4.79 Å². The highest BCUT2D eigenvalue weighted by atomic mass is 35.5. The summed E-state index contributed by atoms with van der Waals surface area (Å²) in [6.07, 6.45) is 3.64. The normalized spacial score (nSPS) is 18.6. The minimum Gasteiger partial charge on any atom is -0.352 e. The van der Waals surface area contributed by atoms with Crippen LogP contribution < -0.4 is 10.6 Å². The van der Waals surface area contributed by atoms with Gasteiger partial charge in [0.1, 0.15) is 0 Å². The maximum absolute atomic E-state index is 12.2. The maximum atomic E-state index is 12.2. The Hall–Kier alpha value is -1.75. The number of likely N-dealkylation sites (tertiary alicyclic amines) is 1. The van der Waals surface area contributed by atoms with Crippen molar-refractivity contribution in [1.29, 1.82) is 0 Å². The fraction of sp³-hybridized carbons (Fsp3) is 0.529. The molecule has 3 amide bonds. The van der Waals surface area contributed by atoms with Crippen molar-refractivity contribution in [2.45, 2.75) is 38.3 Å². The van der Waals surface area contributed by atoms with E-state index >= 15 is 0 Å². The second kappa shape index (κ2) is 7.21. The van der Waals surface area contributed by atoms with E-state index in [2.05, 4.69) is 10.6 Å². The number of urea groups is 1. The Morgan fingerprint density at radius 1 is 1.09 bits per heavy atom. The van der Waals surface area contributed by atoms with Crippen molar-refractivity contribution >= 4 is 23.5 Å². The summed E-state index contributed by atoms with van der Waals surface area (Å²) in [7, 11) is 0.